The fourth-order valence-electron chi connectivity index (χ4n) is 2.81. The summed E-state index contributed by atoms with van der Waals surface area (Å²) in [6.45, 7) is -0.169. The van der Waals surface area contributed by atoms with E-state index in [1.54, 1.807) is 30.7 Å². The van der Waals surface area contributed by atoms with Gasteiger partial charge in [-0.2, -0.15) is 5.10 Å². The van der Waals surface area contributed by atoms with Gasteiger partial charge in [-0.15, -0.1) is 0 Å². The number of hydrogen-bond acceptors (Lipinski definition) is 2. The van der Waals surface area contributed by atoms with Crippen LogP contribution in [0.3, 0.4) is 0 Å². The number of H-pyrrole nitrogens is 1. The normalized spacial score (nSPS) is 11.0. The summed E-state index contributed by atoms with van der Waals surface area (Å²) in [5.41, 5.74) is 2.06. The van der Waals surface area contributed by atoms with Crippen molar-refractivity contribution in [2.24, 2.45) is 0 Å². The molecule has 0 saturated carbocycles. The van der Waals surface area contributed by atoms with Gasteiger partial charge in [-0.05, 0) is 29.8 Å². The van der Waals surface area contributed by atoms with E-state index >= 15 is 0 Å². The van der Waals surface area contributed by atoms with Crippen LogP contribution in [-0.4, -0.2) is 19.3 Å². The van der Waals surface area contributed by atoms with Gasteiger partial charge in [-0.1, -0.05) is 18.2 Å². The van der Waals surface area contributed by atoms with Crippen LogP contribution in [0, 0.1) is 11.6 Å². The lowest BCUT2D eigenvalue weighted by atomic mass is 10.1. The van der Waals surface area contributed by atoms with Crippen LogP contribution in [0.5, 0.6) is 0 Å². The molecule has 0 aliphatic rings. The molecule has 0 radical (unpaired) electrons. The molecular weight excluding hydrogens is 338 g/mol. The van der Waals surface area contributed by atoms with Crippen LogP contribution in [0.1, 0.15) is 5.56 Å². The zero-order valence-corrected chi connectivity index (χ0v) is 13.6. The van der Waals surface area contributed by atoms with Gasteiger partial charge in [-0.25, -0.2) is 13.6 Å². The van der Waals surface area contributed by atoms with Gasteiger partial charge < -0.3 is 0 Å². The third kappa shape index (κ3) is 2.83. The Morgan fingerprint density at radius 1 is 0.962 bits per heavy atom. The Bertz CT molecular complexity index is 1080. The second-order valence-electron chi connectivity index (χ2n) is 5.81. The van der Waals surface area contributed by atoms with E-state index in [2.05, 4.69) is 10.2 Å². The molecule has 26 heavy (non-hydrogen) atoms. The van der Waals surface area contributed by atoms with Gasteiger partial charge in [0.25, 0.3) is 0 Å². The lowest BCUT2D eigenvalue weighted by Gasteiger charge is -2.06. The number of nitrogens with zero attached hydrogens (tertiary/aromatic N) is 3. The molecule has 0 spiro atoms. The fourth-order valence-corrected chi connectivity index (χ4v) is 2.81. The van der Waals surface area contributed by atoms with E-state index in [1.165, 1.54) is 33.5 Å². The first-order chi connectivity index (χ1) is 12.6. The summed E-state index contributed by atoms with van der Waals surface area (Å²) in [6.07, 6.45) is 6.58. The second-order valence-corrected chi connectivity index (χ2v) is 5.81. The first kappa shape index (κ1) is 16.0. The van der Waals surface area contributed by atoms with Gasteiger partial charge >= 0.3 is 5.69 Å². The molecule has 0 aliphatic carbocycles. The minimum absolute atomic E-state index is 0.136. The largest absolute Gasteiger partial charge is 0.333 e. The topological polar surface area (TPSA) is 55.6 Å². The molecule has 1 N–H and O–H groups in total. The third-order valence-corrected chi connectivity index (χ3v) is 4.21. The summed E-state index contributed by atoms with van der Waals surface area (Å²) in [6, 6.07) is 11.0. The molecule has 2 heterocycles. The maximum atomic E-state index is 13.8. The van der Waals surface area contributed by atoms with Gasteiger partial charge in [0.2, 0.25) is 0 Å². The Balaban J connectivity index is 1.64. The monoisotopic (exact) mass is 352 g/mol. The van der Waals surface area contributed by atoms with Crippen molar-refractivity contribution >= 4 is 0 Å². The quantitative estimate of drug-likeness (QED) is 0.612. The summed E-state index contributed by atoms with van der Waals surface area (Å²) < 4.78 is 30.3. The number of hydrogen-bond donors (Lipinski definition) is 1. The highest BCUT2D eigenvalue weighted by Gasteiger charge is 2.12. The number of nitrogens with one attached hydrogen (secondary N) is 1. The van der Waals surface area contributed by atoms with Crippen LogP contribution in [-0.2, 0) is 6.54 Å². The number of benzene rings is 2. The van der Waals surface area contributed by atoms with Crippen molar-refractivity contribution in [3.8, 4) is 16.8 Å². The molecule has 0 atom stereocenters. The molecule has 0 bridgehead atoms. The predicted molar refractivity (Wildman–Crippen MR) is 93.1 cm³/mol. The van der Waals surface area contributed by atoms with Gasteiger partial charge in [0, 0.05) is 29.7 Å². The van der Waals surface area contributed by atoms with Crippen LogP contribution in [0.2, 0.25) is 0 Å². The Morgan fingerprint density at radius 2 is 1.69 bits per heavy atom. The fraction of sp³-hybridized carbons (Fsp3) is 0.0526. The maximum absolute atomic E-state index is 13.8. The van der Waals surface area contributed by atoms with E-state index in [0.29, 0.717) is 5.69 Å². The van der Waals surface area contributed by atoms with Crippen molar-refractivity contribution in [1.82, 2.24) is 19.3 Å². The molecule has 4 aromatic rings. The lowest BCUT2D eigenvalue weighted by molar-refractivity contribution is 0.541. The average molecular weight is 352 g/mol. The molecule has 0 fully saturated rings. The van der Waals surface area contributed by atoms with E-state index in [0.717, 1.165) is 11.1 Å². The highest BCUT2D eigenvalue weighted by Crippen LogP contribution is 2.19. The van der Waals surface area contributed by atoms with Crippen molar-refractivity contribution in [3.63, 3.8) is 0 Å². The van der Waals surface area contributed by atoms with Gasteiger partial charge in [0.1, 0.15) is 11.6 Å². The van der Waals surface area contributed by atoms with Gasteiger partial charge in [0.05, 0.1) is 18.4 Å². The van der Waals surface area contributed by atoms with Crippen molar-refractivity contribution < 1.29 is 8.78 Å². The average Bonchev–Trinajstić information content (AvgIpc) is 3.29. The first-order valence-electron chi connectivity index (χ1n) is 7.94. The van der Waals surface area contributed by atoms with Crippen molar-refractivity contribution in [2.75, 3.05) is 0 Å². The predicted octanol–water partition coefficient (Wildman–Crippen LogP) is 3.36. The Labute approximate surface area is 147 Å². The highest BCUT2D eigenvalue weighted by atomic mass is 19.1. The minimum atomic E-state index is -0.672. The van der Waals surface area contributed by atoms with Gasteiger partial charge in [0.15, 0.2) is 0 Å². The zero-order chi connectivity index (χ0) is 18.1. The number of rotatable bonds is 4. The van der Waals surface area contributed by atoms with E-state index in [1.807, 2.05) is 12.1 Å². The molecule has 7 heteroatoms. The van der Waals surface area contributed by atoms with Crippen LogP contribution in [0.4, 0.5) is 8.78 Å². The zero-order valence-electron chi connectivity index (χ0n) is 13.6. The molecular formula is C19H14F2N4O. The number of aromatic amines is 1. The maximum Gasteiger partial charge on any atom is 0.333 e. The lowest BCUT2D eigenvalue weighted by Crippen LogP contribution is -2.24. The molecule has 4 rings (SSSR count). The van der Waals surface area contributed by atoms with E-state index in [4.69, 9.17) is 0 Å². The summed E-state index contributed by atoms with van der Waals surface area (Å²) >= 11 is 0. The summed E-state index contributed by atoms with van der Waals surface area (Å²) in [5.74, 6) is -1.34. The highest BCUT2D eigenvalue weighted by molar-refractivity contribution is 5.62. The minimum Gasteiger partial charge on any atom is -0.294 e. The second kappa shape index (κ2) is 6.44. The Morgan fingerprint density at radius 3 is 2.35 bits per heavy atom. The molecule has 2 aromatic carbocycles. The van der Waals surface area contributed by atoms with Crippen LogP contribution >= 0.6 is 0 Å². The number of imidazole rings is 1. The smallest absolute Gasteiger partial charge is 0.294 e. The molecule has 2 aromatic heterocycles. The van der Waals surface area contributed by atoms with Crippen molar-refractivity contribution in [3.05, 3.63) is 94.9 Å². The molecule has 0 unspecified atom stereocenters. The van der Waals surface area contributed by atoms with Crippen molar-refractivity contribution in [1.29, 1.82) is 0 Å². The summed E-state index contributed by atoms with van der Waals surface area (Å²) in [4.78, 5) is 12.6. The van der Waals surface area contributed by atoms with E-state index in [9.17, 15) is 13.6 Å². The summed E-state index contributed by atoms with van der Waals surface area (Å²) in [7, 11) is 0. The third-order valence-electron chi connectivity index (χ3n) is 4.21. The van der Waals surface area contributed by atoms with Gasteiger partial charge in [-0.3, -0.25) is 14.2 Å². The Hall–Kier alpha value is -3.48. The molecule has 0 aliphatic heterocycles. The molecule has 5 nitrogen and oxygen atoms in total. The van der Waals surface area contributed by atoms with Crippen LogP contribution in [0.25, 0.3) is 16.8 Å². The number of halogens is 2. The van der Waals surface area contributed by atoms with E-state index < -0.39 is 11.6 Å². The van der Waals surface area contributed by atoms with Crippen LogP contribution in [0.15, 0.2) is 72.0 Å². The number of aromatic nitrogens is 4. The van der Waals surface area contributed by atoms with E-state index in [-0.39, 0.29) is 17.8 Å². The molecule has 0 saturated heterocycles. The SMILES string of the molecule is O=c1n(Cc2c(F)cccc2F)ccn1-c1ccc(-c2cn[nH]c2)cc1. The Kier molecular flexibility index (Phi) is 3.96. The molecule has 0 amide bonds. The van der Waals surface area contributed by atoms with Crippen molar-refractivity contribution in [2.45, 2.75) is 6.54 Å². The standard InChI is InChI=1S/C19H14F2N4O/c20-17-2-1-3-18(21)16(17)12-24-8-9-25(19(24)26)15-6-4-13(5-7-15)14-10-22-23-11-14/h1-11H,12H2,(H,22,23). The summed E-state index contributed by atoms with van der Waals surface area (Å²) in [5, 5.41) is 6.66. The molecule has 130 valence electrons. The first-order valence-corrected chi connectivity index (χ1v) is 7.94. The van der Waals surface area contributed by atoms with Crippen LogP contribution < -0.4 is 5.69 Å².